The molecule has 0 bridgehead atoms. The molecule has 0 fully saturated rings. The van der Waals surface area contributed by atoms with Crippen LogP contribution < -0.4 is 30.3 Å². The van der Waals surface area contributed by atoms with Crippen LogP contribution in [0, 0.1) is 5.82 Å². The quantitative estimate of drug-likeness (QED) is 0.204. The summed E-state index contributed by atoms with van der Waals surface area (Å²) in [5, 5.41) is 8.63. The normalized spacial score (nSPS) is 10.5. The Bertz CT molecular complexity index is 1320. The zero-order valence-corrected chi connectivity index (χ0v) is 21.3. The van der Waals surface area contributed by atoms with Crippen LogP contribution in [-0.4, -0.2) is 44.8 Å². The molecule has 0 aliphatic rings. The molecule has 0 saturated carbocycles. The molecule has 0 spiro atoms. The van der Waals surface area contributed by atoms with E-state index in [0.717, 1.165) is 0 Å². The maximum Gasteiger partial charge on any atom is 0.329 e. The summed E-state index contributed by atoms with van der Waals surface area (Å²) < 4.78 is 30.2. The summed E-state index contributed by atoms with van der Waals surface area (Å²) in [5.41, 5.74) is 3.09. The third kappa shape index (κ3) is 8.04. The van der Waals surface area contributed by atoms with E-state index in [9.17, 15) is 18.8 Å². The molecule has 0 atom stereocenters. The molecule has 0 aromatic heterocycles. The van der Waals surface area contributed by atoms with Crippen LogP contribution in [0.1, 0.15) is 5.56 Å². The average Bonchev–Trinajstić information content (AvgIpc) is 2.89. The Morgan fingerprint density at radius 3 is 2.35 bits per heavy atom. The van der Waals surface area contributed by atoms with Crippen LogP contribution in [0.3, 0.4) is 0 Å². The average molecular weight is 573 g/mol. The molecule has 0 aliphatic carbocycles. The van der Waals surface area contributed by atoms with Crippen molar-refractivity contribution in [2.45, 2.75) is 0 Å². The lowest BCUT2D eigenvalue weighted by Gasteiger charge is -2.12. The summed E-state index contributed by atoms with van der Waals surface area (Å²) in [7, 11) is 2.93. The zero-order chi connectivity index (χ0) is 26.8. The summed E-state index contributed by atoms with van der Waals surface area (Å²) in [4.78, 5) is 36.1. The smallest absolute Gasteiger partial charge is 0.329 e. The first kappa shape index (κ1) is 27.1. The molecule has 0 aliphatic heterocycles. The SMILES string of the molecule is COc1ccc(NC(=O)C(=O)N/N=C\c2ccc(OCC(=O)Nc3ccc(Br)cc3F)c(OC)c2)cc1. The highest BCUT2D eigenvalue weighted by atomic mass is 79.9. The first-order valence-corrected chi connectivity index (χ1v) is 11.4. The Kier molecular flexibility index (Phi) is 9.55. The molecule has 0 radical (unpaired) electrons. The summed E-state index contributed by atoms with van der Waals surface area (Å²) in [6, 6.07) is 15.4. The number of carbonyl (C=O) groups is 3. The van der Waals surface area contributed by atoms with E-state index in [0.29, 0.717) is 21.5 Å². The number of halogens is 2. The molecule has 12 heteroatoms. The highest BCUT2D eigenvalue weighted by Crippen LogP contribution is 2.27. The topological polar surface area (TPSA) is 127 Å². The minimum Gasteiger partial charge on any atom is -0.497 e. The van der Waals surface area contributed by atoms with Crippen molar-refractivity contribution in [1.82, 2.24) is 5.43 Å². The molecule has 3 amide bonds. The lowest BCUT2D eigenvalue weighted by atomic mass is 10.2. The second-order valence-electron chi connectivity index (χ2n) is 7.25. The third-order valence-electron chi connectivity index (χ3n) is 4.69. The van der Waals surface area contributed by atoms with Gasteiger partial charge in [0.1, 0.15) is 11.6 Å². The van der Waals surface area contributed by atoms with Crippen molar-refractivity contribution < 1.29 is 33.0 Å². The Morgan fingerprint density at radius 1 is 0.919 bits per heavy atom. The zero-order valence-electron chi connectivity index (χ0n) is 19.7. The van der Waals surface area contributed by atoms with E-state index >= 15 is 0 Å². The maximum absolute atomic E-state index is 13.9. The van der Waals surface area contributed by atoms with Gasteiger partial charge in [-0.05, 0) is 66.2 Å². The van der Waals surface area contributed by atoms with Crippen molar-refractivity contribution in [3.63, 3.8) is 0 Å². The number of amides is 3. The third-order valence-corrected chi connectivity index (χ3v) is 5.18. The van der Waals surface area contributed by atoms with Crippen molar-refractivity contribution in [3.05, 3.63) is 76.5 Å². The number of nitrogens with zero attached hydrogens (tertiary/aromatic N) is 1. The second-order valence-corrected chi connectivity index (χ2v) is 8.17. The van der Waals surface area contributed by atoms with Crippen molar-refractivity contribution in [2.24, 2.45) is 5.10 Å². The highest BCUT2D eigenvalue weighted by Gasteiger charge is 2.14. The number of hydrogen-bond donors (Lipinski definition) is 3. The number of anilines is 2. The predicted molar refractivity (Wildman–Crippen MR) is 139 cm³/mol. The second kappa shape index (κ2) is 13.0. The maximum atomic E-state index is 13.9. The largest absolute Gasteiger partial charge is 0.497 e. The molecule has 10 nitrogen and oxygen atoms in total. The van der Waals surface area contributed by atoms with Gasteiger partial charge < -0.3 is 24.8 Å². The molecule has 0 unspecified atom stereocenters. The molecular formula is C25H22BrFN4O6. The predicted octanol–water partition coefficient (Wildman–Crippen LogP) is 3.71. The molecular weight excluding hydrogens is 551 g/mol. The molecule has 0 heterocycles. The van der Waals surface area contributed by atoms with Crippen LogP contribution in [0.25, 0.3) is 0 Å². The number of carbonyl (C=O) groups excluding carboxylic acids is 3. The summed E-state index contributed by atoms with van der Waals surface area (Å²) in [6.07, 6.45) is 1.30. The van der Waals surface area contributed by atoms with Crippen molar-refractivity contribution in [1.29, 1.82) is 0 Å². The van der Waals surface area contributed by atoms with Gasteiger partial charge in [0.2, 0.25) is 0 Å². The van der Waals surface area contributed by atoms with E-state index < -0.39 is 30.1 Å². The van der Waals surface area contributed by atoms with E-state index in [1.54, 1.807) is 42.5 Å². The molecule has 3 rings (SSSR count). The number of nitrogens with one attached hydrogen (secondary N) is 3. The van der Waals surface area contributed by atoms with Crippen molar-refractivity contribution in [2.75, 3.05) is 31.5 Å². The Labute approximate surface area is 219 Å². The fourth-order valence-electron chi connectivity index (χ4n) is 2.88. The number of benzene rings is 3. The number of rotatable bonds is 9. The van der Waals surface area contributed by atoms with Gasteiger partial charge in [-0.2, -0.15) is 5.10 Å². The number of methoxy groups -OCH3 is 2. The Hall–Kier alpha value is -4.45. The molecule has 3 N–H and O–H groups in total. The van der Waals surface area contributed by atoms with Gasteiger partial charge in [-0.15, -0.1) is 0 Å². The monoisotopic (exact) mass is 572 g/mol. The lowest BCUT2D eigenvalue weighted by Crippen LogP contribution is -2.32. The molecule has 37 heavy (non-hydrogen) atoms. The Balaban J connectivity index is 1.52. The van der Waals surface area contributed by atoms with E-state index in [1.165, 1.54) is 38.6 Å². The molecule has 3 aromatic carbocycles. The first-order valence-electron chi connectivity index (χ1n) is 10.6. The van der Waals surface area contributed by atoms with Gasteiger partial charge in [0.25, 0.3) is 5.91 Å². The summed E-state index contributed by atoms with van der Waals surface area (Å²) in [5.74, 6) is -1.86. The van der Waals surface area contributed by atoms with Crippen LogP contribution in [0.5, 0.6) is 17.2 Å². The summed E-state index contributed by atoms with van der Waals surface area (Å²) in [6.45, 7) is -0.390. The van der Waals surface area contributed by atoms with Crippen LogP contribution in [-0.2, 0) is 14.4 Å². The molecule has 192 valence electrons. The van der Waals surface area contributed by atoms with Gasteiger partial charge in [-0.3, -0.25) is 14.4 Å². The number of hydrogen-bond acceptors (Lipinski definition) is 7. The van der Waals surface area contributed by atoms with Gasteiger partial charge >= 0.3 is 11.8 Å². The van der Waals surface area contributed by atoms with E-state index in [-0.39, 0.29) is 17.2 Å². The van der Waals surface area contributed by atoms with Crippen LogP contribution in [0.2, 0.25) is 0 Å². The highest BCUT2D eigenvalue weighted by molar-refractivity contribution is 9.10. The van der Waals surface area contributed by atoms with E-state index in [1.807, 2.05) is 0 Å². The Morgan fingerprint density at radius 2 is 1.68 bits per heavy atom. The number of hydrazone groups is 1. The van der Waals surface area contributed by atoms with Gasteiger partial charge in [0.15, 0.2) is 18.1 Å². The minimum atomic E-state index is -0.966. The van der Waals surface area contributed by atoms with E-state index in [2.05, 4.69) is 37.1 Å². The minimum absolute atomic E-state index is 0.0232. The van der Waals surface area contributed by atoms with Gasteiger partial charge in [-0.25, -0.2) is 9.82 Å². The van der Waals surface area contributed by atoms with Gasteiger partial charge in [-0.1, -0.05) is 15.9 Å². The van der Waals surface area contributed by atoms with Crippen LogP contribution >= 0.6 is 15.9 Å². The summed E-state index contributed by atoms with van der Waals surface area (Å²) >= 11 is 3.15. The van der Waals surface area contributed by atoms with Gasteiger partial charge in [0.05, 0.1) is 26.1 Å². The first-order chi connectivity index (χ1) is 17.8. The fourth-order valence-corrected chi connectivity index (χ4v) is 3.22. The lowest BCUT2D eigenvalue weighted by molar-refractivity contribution is -0.136. The van der Waals surface area contributed by atoms with Crippen LogP contribution in [0.4, 0.5) is 15.8 Å². The van der Waals surface area contributed by atoms with Gasteiger partial charge in [0, 0.05) is 10.2 Å². The number of ether oxygens (including phenoxy) is 3. The van der Waals surface area contributed by atoms with Crippen molar-refractivity contribution >= 4 is 51.2 Å². The standard InChI is InChI=1S/C25H22BrFN4O6/c1-35-18-7-5-17(6-8-18)29-24(33)25(34)31-28-13-15-3-10-21(22(11-15)36-2)37-14-23(32)30-20-9-4-16(26)12-19(20)27/h3-13H,14H2,1-2H3,(H,29,33)(H,30,32)(H,31,34)/b28-13-. The van der Waals surface area contributed by atoms with Crippen LogP contribution in [0.15, 0.2) is 70.2 Å². The van der Waals surface area contributed by atoms with Crippen molar-refractivity contribution in [3.8, 4) is 17.2 Å². The molecule has 3 aromatic rings. The van der Waals surface area contributed by atoms with E-state index in [4.69, 9.17) is 14.2 Å². The molecule has 0 saturated heterocycles. The fraction of sp³-hybridized carbons (Fsp3) is 0.120.